The third-order valence-electron chi connectivity index (χ3n) is 7.96. The van der Waals surface area contributed by atoms with Crippen molar-refractivity contribution in [3.8, 4) is 5.75 Å². The molecular formula is C29H40N6O4S. The van der Waals surface area contributed by atoms with Crippen molar-refractivity contribution in [2.45, 2.75) is 45.2 Å². The standard InChI is InChI=1S/C29H40N6O4S/c1-19-23(29(36)33-11-5-7-22(31)18-33)15-24-26(27(19)39-2)35(12-13-40(3,37)38)28(32-24)25-14-21(6-4-10-30)17-34(25)16-20-8-9-20/h4,6,10,14-15,20,22H,5,7-9,11-13,16-18,30-31H2,1-3H3/b10-4-,21-6-/t22-/m1/s1. The molecule has 3 aliphatic rings. The van der Waals surface area contributed by atoms with Gasteiger partial charge in [0.2, 0.25) is 0 Å². The van der Waals surface area contributed by atoms with Gasteiger partial charge in [-0.15, -0.1) is 0 Å². The lowest BCUT2D eigenvalue weighted by Gasteiger charge is -2.31. The van der Waals surface area contributed by atoms with Crippen molar-refractivity contribution < 1.29 is 17.9 Å². The Balaban J connectivity index is 1.67. The number of ether oxygens (including phenoxy) is 1. The average Bonchev–Trinajstić information content (AvgIpc) is 3.53. The maximum absolute atomic E-state index is 13.7. The number of aryl methyl sites for hydroxylation is 1. The van der Waals surface area contributed by atoms with E-state index in [9.17, 15) is 13.2 Å². The zero-order chi connectivity index (χ0) is 28.6. The molecule has 4 N–H and O–H groups in total. The molecule has 1 aliphatic carbocycles. The normalized spacial score (nSPS) is 21.1. The van der Waals surface area contributed by atoms with Gasteiger partial charge in [-0.05, 0) is 68.5 Å². The number of benzene rings is 1. The number of piperidine rings is 1. The smallest absolute Gasteiger partial charge is 0.254 e. The molecule has 0 unspecified atom stereocenters. The molecule has 1 saturated heterocycles. The van der Waals surface area contributed by atoms with Crippen LogP contribution < -0.4 is 16.2 Å². The first-order valence-corrected chi connectivity index (χ1v) is 16.0. The van der Waals surface area contributed by atoms with Crippen LogP contribution in [0.25, 0.3) is 16.7 Å². The van der Waals surface area contributed by atoms with E-state index in [1.54, 1.807) is 7.11 Å². The molecule has 1 saturated carbocycles. The van der Waals surface area contributed by atoms with Crippen LogP contribution in [0.1, 0.15) is 47.4 Å². The second-order valence-electron chi connectivity index (χ2n) is 11.3. The highest BCUT2D eigenvalue weighted by Crippen LogP contribution is 2.39. The number of nitrogens with zero attached hydrogens (tertiary/aromatic N) is 4. The lowest BCUT2D eigenvalue weighted by atomic mass is 10.0. The number of amides is 1. The second kappa shape index (κ2) is 11.3. The molecule has 2 aliphatic heterocycles. The minimum absolute atomic E-state index is 0.0337. The quantitative estimate of drug-likeness (QED) is 0.471. The summed E-state index contributed by atoms with van der Waals surface area (Å²) >= 11 is 0. The maximum Gasteiger partial charge on any atom is 0.254 e. The molecule has 1 aromatic heterocycles. The molecule has 0 bridgehead atoms. The van der Waals surface area contributed by atoms with Crippen molar-refractivity contribution in [3.05, 3.63) is 53.0 Å². The van der Waals surface area contributed by atoms with Gasteiger partial charge >= 0.3 is 0 Å². The average molecular weight is 569 g/mol. The van der Waals surface area contributed by atoms with Crippen LogP contribution >= 0.6 is 0 Å². The summed E-state index contributed by atoms with van der Waals surface area (Å²) in [7, 11) is -1.68. The molecule has 5 rings (SSSR count). The molecular weight excluding hydrogens is 528 g/mol. The van der Waals surface area contributed by atoms with Crippen LogP contribution in [-0.2, 0) is 16.4 Å². The Morgan fingerprint density at radius 3 is 2.70 bits per heavy atom. The molecule has 0 spiro atoms. The van der Waals surface area contributed by atoms with Crippen molar-refractivity contribution in [1.82, 2.24) is 19.4 Å². The Morgan fingerprint density at radius 2 is 2.05 bits per heavy atom. The second-order valence-corrected chi connectivity index (χ2v) is 13.6. The van der Waals surface area contributed by atoms with Gasteiger partial charge in [-0.3, -0.25) is 4.79 Å². The van der Waals surface area contributed by atoms with Crippen LogP contribution in [0.5, 0.6) is 5.75 Å². The van der Waals surface area contributed by atoms with Gasteiger partial charge in [0.1, 0.15) is 21.1 Å². The minimum Gasteiger partial charge on any atom is -0.494 e. The zero-order valence-electron chi connectivity index (χ0n) is 23.6. The van der Waals surface area contributed by atoms with Gasteiger partial charge in [0.15, 0.2) is 5.82 Å². The van der Waals surface area contributed by atoms with Crippen molar-refractivity contribution in [1.29, 1.82) is 0 Å². The summed E-state index contributed by atoms with van der Waals surface area (Å²) in [5, 5.41) is 0. The molecule has 216 valence electrons. The molecule has 40 heavy (non-hydrogen) atoms. The van der Waals surface area contributed by atoms with Crippen molar-refractivity contribution >= 4 is 32.5 Å². The lowest BCUT2D eigenvalue weighted by Crippen LogP contribution is -2.45. The number of allylic oxidation sites excluding steroid dienone is 2. The van der Waals surface area contributed by atoms with E-state index in [0.717, 1.165) is 37.2 Å². The van der Waals surface area contributed by atoms with E-state index in [2.05, 4.69) is 11.0 Å². The van der Waals surface area contributed by atoms with Gasteiger partial charge in [-0.2, -0.15) is 0 Å². The van der Waals surface area contributed by atoms with E-state index in [1.165, 1.54) is 25.3 Å². The monoisotopic (exact) mass is 568 g/mol. The Morgan fingerprint density at radius 1 is 1.27 bits per heavy atom. The van der Waals surface area contributed by atoms with Crippen LogP contribution in [0.3, 0.4) is 0 Å². The topological polar surface area (TPSA) is 137 Å². The summed E-state index contributed by atoms with van der Waals surface area (Å²) in [6.07, 6.45) is 12.8. The first-order chi connectivity index (χ1) is 19.1. The Hall–Kier alpha value is -3.31. The molecule has 1 amide bonds. The SMILES string of the molecule is COc1c(C)c(C(=O)N2CCC[C@@H](N)C2)cc2nc(C3=C/C(=C/C=C\N)CN3CC3CC3)n(CCS(C)(=O)=O)c12. The van der Waals surface area contributed by atoms with E-state index in [-0.39, 0.29) is 24.2 Å². The number of nitrogens with two attached hydrogens (primary N) is 2. The molecule has 3 heterocycles. The molecule has 2 aromatic rings. The van der Waals surface area contributed by atoms with E-state index >= 15 is 0 Å². The predicted octanol–water partition coefficient (Wildman–Crippen LogP) is 2.43. The van der Waals surface area contributed by atoms with E-state index in [4.69, 9.17) is 21.2 Å². The number of sulfone groups is 1. The summed E-state index contributed by atoms with van der Waals surface area (Å²) < 4.78 is 32.4. The molecule has 11 heteroatoms. The van der Waals surface area contributed by atoms with Crippen LogP contribution in [0, 0.1) is 12.8 Å². The van der Waals surface area contributed by atoms with Crippen molar-refractivity contribution in [3.63, 3.8) is 0 Å². The molecule has 2 fully saturated rings. The Labute approximate surface area is 236 Å². The van der Waals surface area contributed by atoms with Crippen LogP contribution in [0.2, 0.25) is 0 Å². The summed E-state index contributed by atoms with van der Waals surface area (Å²) in [4.78, 5) is 22.8. The molecule has 0 radical (unpaired) electrons. The zero-order valence-corrected chi connectivity index (χ0v) is 24.4. The molecule has 1 atom stereocenters. The third-order valence-corrected chi connectivity index (χ3v) is 8.89. The van der Waals surface area contributed by atoms with E-state index in [0.29, 0.717) is 52.7 Å². The first kappa shape index (κ1) is 28.2. The van der Waals surface area contributed by atoms with Crippen LogP contribution in [0.15, 0.2) is 36.1 Å². The predicted molar refractivity (Wildman–Crippen MR) is 158 cm³/mol. The molecule has 10 nitrogen and oxygen atoms in total. The molecule has 1 aromatic carbocycles. The summed E-state index contributed by atoms with van der Waals surface area (Å²) in [6, 6.07) is 1.79. The number of likely N-dealkylation sites (tertiary alicyclic amines) is 1. The largest absolute Gasteiger partial charge is 0.494 e. The first-order valence-electron chi connectivity index (χ1n) is 13.9. The van der Waals surface area contributed by atoms with Gasteiger partial charge in [0.05, 0.1) is 24.1 Å². The van der Waals surface area contributed by atoms with Crippen molar-refractivity contribution in [2.75, 3.05) is 45.3 Å². The number of rotatable bonds is 9. The summed E-state index contributed by atoms with van der Waals surface area (Å²) in [6.45, 7) is 4.89. The number of methoxy groups -OCH3 is 1. The summed E-state index contributed by atoms with van der Waals surface area (Å²) in [5.74, 6) is 1.70. The highest BCUT2D eigenvalue weighted by molar-refractivity contribution is 7.90. The highest BCUT2D eigenvalue weighted by atomic mass is 32.2. The lowest BCUT2D eigenvalue weighted by molar-refractivity contribution is 0.0708. The number of imidazole rings is 1. The van der Waals surface area contributed by atoms with E-state index < -0.39 is 9.84 Å². The fourth-order valence-corrected chi connectivity index (χ4v) is 6.26. The Bertz CT molecular complexity index is 1500. The number of carbonyl (C=O) groups excluding carboxylic acids is 1. The van der Waals surface area contributed by atoms with E-state index in [1.807, 2.05) is 34.6 Å². The number of hydrogen-bond donors (Lipinski definition) is 2. The van der Waals surface area contributed by atoms with Gasteiger partial charge in [0, 0.05) is 56.1 Å². The van der Waals surface area contributed by atoms with Crippen molar-refractivity contribution in [2.24, 2.45) is 17.4 Å². The van der Waals surface area contributed by atoms with Gasteiger partial charge in [-0.25, -0.2) is 13.4 Å². The van der Waals surface area contributed by atoms with Gasteiger partial charge in [-0.1, -0.05) is 6.08 Å². The minimum atomic E-state index is -3.26. The number of carbonyl (C=O) groups is 1. The fourth-order valence-electron chi connectivity index (χ4n) is 5.74. The van der Waals surface area contributed by atoms with Crippen LogP contribution in [0.4, 0.5) is 0 Å². The third kappa shape index (κ3) is 5.90. The highest BCUT2D eigenvalue weighted by Gasteiger charge is 2.33. The van der Waals surface area contributed by atoms with Gasteiger partial charge < -0.3 is 30.6 Å². The van der Waals surface area contributed by atoms with Gasteiger partial charge in [0.25, 0.3) is 5.91 Å². The Kier molecular flexibility index (Phi) is 7.96. The number of fused-ring (bicyclic) bond motifs is 1. The number of aromatic nitrogens is 2. The van der Waals surface area contributed by atoms with Crippen LogP contribution in [-0.4, -0.2) is 85.0 Å². The fraction of sp³-hybridized carbons (Fsp3) is 0.517. The number of hydrogen-bond acceptors (Lipinski definition) is 8. The summed E-state index contributed by atoms with van der Waals surface area (Å²) in [5.41, 5.74) is 16.3. The maximum atomic E-state index is 13.7.